The molecule has 1 heterocycles. The third kappa shape index (κ3) is 3.09. The average molecular weight is 235 g/mol. The van der Waals surface area contributed by atoms with Crippen molar-refractivity contribution < 1.29 is 0 Å². The minimum Gasteiger partial charge on any atom is -0.335 e. The van der Waals surface area contributed by atoms with Crippen LogP contribution in [0.2, 0.25) is 0 Å². The smallest absolute Gasteiger partial charge is 0.108 e. The van der Waals surface area contributed by atoms with Crippen LogP contribution in [0, 0.1) is 5.92 Å². The summed E-state index contributed by atoms with van der Waals surface area (Å²) in [4.78, 5) is 4.51. The Hall–Kier alpha value is -0.830. The molecule has 1 fully saturated rings. The highest BCUT2D eigenvalue weighted by Gasteiger charge is 2.25. The van der Waals surface area contributed by atoms with Gasteiger partial charge in [-0.25, -0.2) is 4.98 Å². The van der Waals surface area contributed by atoms with E-state index in [0.717, 1.165) is 25.4 Å². The van der Waals surface area contributed by atoms with E-state index in [1.807, 2.05) is 6.20 Å². The zero-order chi connectivity index (χ0) is 12.1. The minimum absolute atomic E-state index is 0.704. The number of hydrogen-bond acceptors (Lipinski definition) is 2. The lowest BCUT2D eigenvalue weighted by atomic mass is 9.82. The second-order valence-corrected chi connectivity index (χ2v) is 5.04. The summed E-state index contributed by atoms with van der Waals surface area (Å²) in [5, 5.41) is 3.65. The van der Waals surface area contributed by atoms with Gasteiger partial charge in [0.2, 0.25) is 0 Å². The van der Waals surface area contributed by atoms with Crippen LogP contribution in [0.15, 0.2) is 12.4 Å². The molecular weight excluding hydrogens is 210 g/mol. The molecule has 1 N–H and O–H groups in total. The molecule has 1 aliphatic carbocycles. The Balaban J connectivity index is 2.00. The fraction of sp³-hybridized carbons (Fsp3) is 0.786. The molecule has 1 aromatic heterocycles. The molecule has 0 saturated heterocycles. The van der Waals surface area contributed by atoms with Crippen LogP contribution in [0.4, 0.5) is 0 Å². The monoisotopic (exact) mass is 235 g/mol. The van der Waals surface area contributed by atoms with Crippen molar-refractivity contribution >= 4 is 0 Å². The fourth-order valence-electron chi connectivity index (χ4n) is 3.04. The van der Waals surface area contributed by atoms with Crippen LogP contribution < -0.4 is 5.32 Å². The Kier molecular flexibility index (Phi) is 4.60. The van der Waals surface area contributed by atoms with Crippen molar-refractivity contribution in [1.82, 2.24) is 14.9 Å². The van der Waals surface area contributed by atoms with Gasteiger partial charge in [-0.2, -0.15) is 0 Å². The standard InChI is InChI=1S/C14H25N3/c1-3-15-13-8-6-5-7-12(13)11-14-16-9-10-17(14)4-2/h9-10,12-13,15H,3-8,11H2,1-2H3. The maximum absolute atomic E-state index is 4.51. The molecule has 2 atom stereocenters. The van der Waals surface area contributed by atoms with Gasteiger partial charge < -0.3 is 9.88 Å². The van der Waals surface area contributed by atoms with Crippen molar-refractivity contribution in [1.29, 1.82) is 0 Å². The minimum atomic E-state index is 0.704. The van der Waals surface area contributed by atoms with Crippen LogP contribution in [0.25, 0.3) is 0 Å². The van der Waals surface area contributed by atoms with E-state index in [1.54, 1.807) is 0 Å². The molecule has 96 valence electrons. The van der Waals surface area contributed by atoms with Crippen LogP contribution in [-0.2, 0) is 13.0 Å². The van der Waals surface area contributed by atoms with Crippen molar-refractivity contribution in [3.63, 3.8) is 0 Å². The number of aryl methyl sites for hydroxylation is 1. The maximum Gasteiger partial charge on any atom is 0.108 e. The first kappa shape index (κ1) is 12.6. The average Bonchev–Trinajstić information content (AvgIpc) is 2.79. The molecule has 2 unspecified atom stereocenters. The largest absolute Gasteiger partial charge is 0.335 e. The molecule has 1 aromatic rings. The Morgan fingerprint density at radius 1 is 1.35 bits per heavy atom. The molecule has 0 bridgehead atoms. The predicted octanol–water partition coefficient (Wildman–Crippen LogP) is 2.61. The van der Waals surface area contributed by atoms with Gasteiger partial charge in [0.15, 0.2) is 0 Å². The lowest BCUT2D eigenvalue weighted by molar-refractivity contribution is 0.259. The van der Waals surface area contributed by atoms with Crippen molar-refractivity contribution in [2.45, 2.75) is 58.5 Å². The summed E-state index contributed by atoms with van der Waals surface area (Å²) in [6.45, 7) is 6.52. The van der Waals surface area contributed by atoms with Crippen LogP contribution in [0.5, 0.6) is 0 Å². The zero-order valence-electron chi connectivity index (χ0n) is 11.2. The van der Waals surface area contributed by atoms with Gasteiger partial charge in [-0.05, 0) is 32.2 Å². The second-order valence-electron chi connectivity index (χ2n) is 5.04. The van der Waals surface area contributed by atoms with Gasteiger partial charge in [-0.3, -0.25) is 0 Å². The summed E-state index contributed by atoms with van der Waals surface area (Å²) in [6.07, 6.45) is 10.6. The first-order valence-electron chi connectivity index (χ1n) is 7.08. The van der Waals surface area contributed by atoms with E-state index in [-0.39, 0.29) is 0 Å². The summed E-state index contributed by atoms with van der Waals surface area (Å²) in [6, 6.07) is 0.704. The Morgan fingerprint density at radius 3 is 2.94 bits per heavy atom. The topological polar surface area (TPSA) is 29.9 Å². The Morgan fingerprint density at radius 2 is 2.18 bits per heavy atom. The van der Waals surface area contributed by atoms with Gasteiger partial charge in [0, 0.05) is 31.4 Å². The van der Waals surface area contributed by atoms with Crippen molar-refractivity contribution in [2.75, 3.05) is 6.54 Å². The zero-order valence-corrected chi connectivity index (χ0v) is 11.2. The van der Waals surface area contributed by atoms with Crippen molar-refractivity contribution in [3.8, 4) is 0 Å². The summed E-state index contributed by atoms with van der Waals surface area (Å²) in [5.74, 6) is 2.04. The van der Waals surface area contributed by atoms with E-state index in [1.165, 1.54) is 31.5 Å². The van der Waals surface area contributed by atoms with Crippen LogP contribution in [0.1, 0.15) is 45.4 Å². The predicted molar refractivity (Wildman–Crippen MR) is 71.0 cm³/mol. The van der Waals surface area contributed by atoms with E-state index >= 15 is 0 Å². The van der Waals surface area contributed by atoms with Crippen molar-refractivity contribution in [3.05, 3.63) is 18.2 Å². The maximum atomic E-state index is 4.51. The first-order valence-corrected chi connectivity index (χ1v) is 7.08. The molecule has 0 radical (unpaired) electrons. The molecule has 3 heteroatoms. The van der Waals surface area contributed by atoms with Crippen LogP contribution in [0.3, 0.4) is 0 Å². The molecule has 0 aromatic carbocycles. The highest BCUT2D eigenvalue weighted by Crippen LogP contribution is 2.27. The molecule has 0 aliphatic heterocycles. The molecule has 1 aliphatic rings. The number of imidazole rings is 1. The fourth-order valence-corrected chi connectivity index (χ4v) is 3.04. The summed E-state index contributed by atoms with van der Waals surface area (Å²) < 4.78 is 2.28. The summed E-state index contributed by atoms with van der Waals surface area (Å²) >= 11 is 0. The number of nitrogens with zero attached hydrogens (tertiary/aromatic N) is 2. The highest BCUT2D eigenvalue weighted by atomic mass is 15.1. The van der Waals surface area contributed by atoms with Crippen molar-refractivity contribution in [2.24, 2.45) is 5.92 Å². The SMILES string of the molecule is CCNC1CCCCC1Cc1nccn1CC. The van der Waals surface area contributed by atoms with Crippen LogP contribution in [-0.4, -0.2) is 22.1 Å². The molecule has 0 spiro atoms. The van der Waals surface area contributed by atoms with Gasteiger partial charge >= 0.3 is 0 Å². The number of rotatable bonds is 5. The lowest BCUT2D eigenvalue weighted by Crippen LogP contribution is -2.39. The molecule has 1 saturated carbocycles. The van der Waals surface area contributed by atoms with Gasteiger partial charge in [0.05, 0.1) is 0 Å². The van der Waals surface area contributed by atoms with E-state index in [0.29, 0.717) is 6.04 Å². The Bertz CT molecular complexity index is 330. The highest BCUT2D eigenvalue weighted by molar-refractivity contribution is 4.96. The molecular formula is C14H25N3. The number of nitrogens with one attached hydrogen (secondary N) is 1. The summed E-state index contributed by atoms with van der Waals surface area (Å²) in [7, 11) is 0. The molecule has 17 heavy (non-hydrogen) atoms. The molecule has 3 nitrogen and oxygen atoms in total. The normalized spacial score (nSPS) is 25.1. The lowest BCUT2D eigenvalue weighted by Gasteiger charge is -2.32. The van der Waals surface area contributed by atoms with Gasteiger partial charge in [0.25, 0.3) is 0 Å². The third-order valence-electron chi connectivity index (χ3n) is 3.96. The molecule has 0 amide bonds. The van der Waals surface area contributed by atoms with E-state index in [9.17, 15) is 0 Å². The van der Waals surface area contributed by atoms with E-state index < -0.39 is 0 Å². The quantitative estimate of drug-likeness (QED) is 0.850. The van der Waals surface area contributed by atoms with Gasteiger partial charge in [0.1, 0.15) is 5.82 Å². The molecule has 2 rings (SSSR count). The van der Waals surface area contributed by atoms with Gasteiger partial charge in [-0.15, -0.1) is 0 Å². The summed E-state index contributed by atoms with van der Waals surface area (Å²) in [5.41, 5.74) is 0. The van der Waals surface area contributed by atoms with E-state index in [4.69, 9.17) is 0 Å². The number of aromatic nitrogens is 2. The first-order chi connectivity index (χ1) is 8.35. The second kappa shape index (κ2) is 6.20. The van der Waals surface area contributed by atoms with Crippen LogP contribution >= 0.6 is 0 Å². The number of hydrogen-bond donors (Lipinski definition) is 1. The van der Waals surface area contributed by atoms with Gasteiger partial charge in [-0.1, -0.05) is 19.8 Å². The van der Waals surface area contributed by atoms with E-state index in [2.05, 4.69) is 34.9 Å². The Labute approximate surface area is 105 Å². The third-order valence-corrected chi connectivity index (χ3v) is 3.96.